The Morgan fingerprint density at radius 1 is 1.28 bits per heavy atom. The summed E-state index contributed by atoms with van der Waals surface area (Å²) < 4.78 is 22.7. The van der Waals surface area contributed by atoms with E-state index in [0.717, 1.165) is 0 Å². The number of furan rings is 1. The summed E-state index contributed by atoms with van der Waals surface area (Å²) in [6.07, 6.45) is 0.993. The van der Waals surface area contributed by atoms with Crippen LogP contribution in [0.4, 0.5) is 0 Å². The highest BCUT2D eigenvalue weighted by atomic mass is 16.6. The maximum Gasteiger partial charge on any atom is 0.342 e. The second-order valence-corrected chi connectivity index (χ2v) is 9.75. The zero-order chi connectivity index (χ0) is 23.0. The van der Waals surface area contributed by atoms with E-state index in [9.17, 15) is 19.5 Å². The van der Waals surface area contributed by atoms with Crippen molar-refractivity contribution in [2.45, 2.75) is 70.2 Å². The van der Waals surface area contributed by atoms with Crippen LogP contribution >= 0.6 is 0 Å². The highest BCUT2D eigenvalue weighted by molar-refractivity contribution is 6.13. The van der Waals surface area contributed by atoms with E-state index < -0.39 is 35.1 Å². The van der Waals surface area contributed by atoms with Gasteiger partial charge in [0.25, 0.3) is 0 Å². The summed E-state index contributed by atoms with van der Waals surface area (Å²) in [4.78, 5) is 38.9. The number of Topliss-reactive ketones (excluding diaryl/α,β-unsaturated/α-hetero) is 1. The third kappa shape index (κ3) is 2.53. The molecule has 0 saturated heterocycles. The number of hydrogen-bond donors (Lipinski definition) is 1. The molecule has 1 fully saturated rings. The number of carbonyl (C=O) groups excluding carboxylic acids is 3. The normalized spacial score (nSPS) is 37.5. The van der Waals surface area contributed by atoms with Crippen LogP contribution in [-0.4, -0.2) is 54.9 Å². The summed E-state index contributed by atoms with van der Waals surface area (Å²) in [5.41, 5.74) is 0.316. The molecule has 172 valence electrons. The Balaban J connectivity index is 1.79. The number of esters is 2. The largest absolute Gasteiger partial charge is 0.460 e. The number of cyclic esters (lactones) is 1. The molecule has 0 amide bonds. The summed E-state index contributed by atoms with van der Waals surface area (Å²) in [7, 11) is 1.52. The Morgan fingerprint density at radius 2 is 2.03 bits per heavy atom. The number of aliphatic hydroxyl groups excluding tert-OH is 1. The molecule has 1 saturated carbocycles. The molecule has 0 radical (unpaired) electrons. The molecule has 32 heavy (non-hydrogen) atoms. The van der Waals surface area contributed by atoms with Crippen molar-refractivity contribution < 1.29 is 38.1 Å². The molecule has 1 aliphatic heterocycles. The van der Waals surface area contributed by atoms with Gasteiger partial charge in [-0.05, 0) is 37.7 Å². The van der Waals surface area contributed by atoms with Crippen LogP contribution in [0.5, 0.6) is 0 Å². The van der Waals surface area contributed by atoms with E-state index in [4.69, 9.17) is 18.6 Å². The van der Waals surface area contributed by atoms with Crippen LogP contribution in [0, 0.1) is 11.3 Å². The minimum Gasteiger partial charge on any atom is -0.460 e. The van der Waals surface area contributed by atoms with Crippen molar-refractivity contribution >= 4 is 17.7 Å². The molecule has 3 aliphatic carbocycles. The first-order chi connectivity index (χ1) is 15.2. The number of fused-ring (bicyclic) bond motifs is 3. The van der Waals surface area contributed by atoms with Crippen LogP contribution in [0.25, 0.3) is 0 Å². The number of ketones is 1. The zero-order valence-electron chi connectivity index (χ0n) is 18.7. The lowest BCUT2D eigenvalue weighted by Crippen LogP contribution is -2.57. The first kappa shape index (κ1) is 21.4. The molecule has 0 spiro atoms. The molecule has 8 nitrogen and oxygen atoms in total. The van der Waals surface area contributed by atoms with Crippen molar-refractivity contribution in [3.05, 3.63) is 34.3 Å². The maximum absolute atomic E-state index is 13.8. The molecular formula is C24H28O8. The Bertz CT molecular complexity index is 1050. The summed E-state index contributed by atoms with van der Waals surface area (Å²) in [5.74, 6) is -1.33. The summed E-state index contributed by atoms with van der Waals surface area (Å²) >= 11 is 0. The topological polar surface area (TPSA) is 112 Å². The highest BCUT2D eigenvalue weighted by Crippen LogP contribution is 2.62. The molecule has 0 unspecified atom stereocenters. The Kier molecular flexibility index (Phi) is 4.70. The fourth-order valence-electron chi connectivity index (χ4n) is 6.51. The van der Waals surface area contributed by atoms with E-state index in [0.29, 0.717) is 36.0 Å². The van der Waals surface area contributed by atoms with Crippen molar-refractivity contribution in [2.24, 2.45) is 11.3 Å². The van der Waals surface area contributed by atoms with Gasteiger partial charge in [-0.2, -0.15) is 0 Å². The predicted molar refractivity (Wildman–Crippen MR) is 110 cm³/mol. The van der Waals surface area contributed by atoms with Gasteiger partial charge in [0.1, 0.15) is 24.0 Å². The second kappa shape index (κ2) is 7.02. The fraction of sp³-hybridized carbons (Fsp3) is 0.625. The molecule has 1 N–H and O–H groups in total. The van der Waals surface area contributed by atoms with Gasteiger partial charge in [-0.3, -0.25) is 9.59 Å². The van der Waals surface area contributed by atoms with Gasteiger partial charge in [0.2, 0.25) is 5.78 Å². The quantitative estimate of drug-likeness (QED) is 0.706. The van der Waals surface area contributed by atoms with Gasteiger partial charge in [0.05, 0.1) is 18.1 Å². The monoisotopic (exact) mass is 444 g/mol. The molecule has 1 aromatic rings. The number of aliphatic hydroxyl groups is 1. The van der Waals surface area contributed by atoms with Crippen LogP contribution < -0.4 is 0 Å². The molecule has 8 heteroatoms. The maximum atomic E-state index is 13.8. The molecule has 2 heterocycles. The number of methoxy groups -OCH3 is 1. The van der Waals surface area contributed by atoms with Crippen LogP contribution in [0.15, 0.2) is 21.8 Å². The third-order valence-corrected chi connectivity index (χ3v) is 8.19. The van der Waals surface area contributed by atoms with E-state index in [1.165, 1.54) is 13.4 Å². The minimum atomic E-state index is -0.960. The van der Waals surface area contributed by atoms with E-state index in [-0.39, 0.29) is 42.0 Å². The lowest BCUT2D eigenvalue weighted by Gasteiger charge is -2.52. The molecule has 0 aromatic carbocycles. The van der Waals surface area contributed by atoms with Gasteiger partial charge >= 0.3 is 11.9 Å². The van der Waals surface area contributed by atoms with Crippen LogP contribution in [0.1, 0.15) is 72.9 Å². The number of allylic oxidation sites excluding steroid dienone is 1. The van der Waals surface area contributed by atoms with Crippen molar-refractivity contribution in [3.8, 4) is 0 Å². The van der Waals surface area contributed by atoms with E-state index in [1.807, 2.05) is 13.8 Å². The summed E-state index contributed by atoms with van der Waals surface area (Å²) in [5, 5.41) is 10.9. The smallest absolute Gasteiger partial charge is 0.342 e. The second-order valence-electron chi connectivity index (χ2n) is 9.75. The van der Waals surface area contributed by atoms with Gasteiger partial charge < -0.3 is 23.7 Å². The lowest BCUT2D eigenvalue weighted by atomic mass is 9.54. The number of carbonyl (C=O) groups is 3. The number of hydrogen-bond acceptors (Lipinski definition) is 8. The minimum absolute atomic E-state index is 0.107. The average Bonchev–Trinajstić information content (AvgIpc) is 3.33. The molecule has 6 atom stereocenters. The van der Waals surface area contributed by atoms with Crippen molar-refractivity contribution in [1.29, 1.82) is 0 Å². The molecule has 1 aromatic heterocycles. The molecular weight excluding hydrogens is 416 g/mol. The standard InChI is InChI=1S/C24H28O8/c1-5-16(26)31-13-8-23(2)12(6-7-14(23)25)17-19(13)24(3)15(10-29-4)32-22(28)11-9-30-21(18(11)24)20(17)27/h9,12-15,25H,5-8,10H2,1-4H3/t12-,13+,14-,15+,23-,24-/m0/s1. The SMILES string of the molecule is CCC(=O)O[C@@H]1C[C@]2(C)[C@@H](O)CC[C@H]2C2=C1[C@]1(C)c3c(coc3C2=O)C(=O)O[C@@H]1COC. The van der Waals surface area contributed by atoms with Crippen molar-refractivity contribution in [1.82, 2.24) is 0 Å². The summed E-state index contributed by atoms with van der Waals surface area (Å²) in [6, 6.07) is 0. The number of ether oxygens (including phenoxy) is 3. The number of rotatable bonds is 4. The predicted octanol–water partition coefficient (Wildman–Crippen LogP) is 2.72. The Hall–Kier alpha value is -2.45. The van der Waals surface area contributed by atoms with E-state index in [1.54, 1.807) is 6.92 Å². The van der Waals surface area contributed by atoms with Crippen molar-refractivity contribution in [2.75, 3.05) is 13.7 Å². The highest BCUT2D eigenvalue weighted by Gasteiger charge is 2.64. The van der Waals surface area contributed by atoms with Gasteiger partial charge in [0.15, 0.2) is 5.76 Å². The van der Waals surface area contributed by atoms with Gasteiger partial charge in [-0.1, -0.05) is 13.8 Å². The summed E-state index contributed by atoms with van der Waals surface area (Å²) in [6.45, 7) is 5.68. The Morgan fingerprint density at radius 3 is 2.72 bits per heavy atom. The van der Waals surface area contributed by atoms with E-state index in [2.05, 4.69) is 0 Å². The third-order valence-electron chi connectivity index (χ3n) is 8.19. The van der Waals surface area contributed by atoms with E-state index >= 15 is 0 Å². The lowest BCUT2D eigenvalue weighted by molar-refractivity contribution is -0.151. The van der Waals surface area contributed by atoms with Gasteiger partial charge in [0, 0.05) is 30.1 Å². The molecule has 4 aliphatic rings. The van der Waals surface area contributed by atoms with Crippen LogP contribution in [-0.2, 0) is 24.4 Å². The Labute approximate surface area is 185 Å². The van der Waals surface area contributed by atoms with Gasteiger partial charge in [-0.15, -0.1) is 0 Å². The van der Waals surface area contributed by atoms with Crippen molar-refractivity contribution in [3.63, 3.8) is 0 Å². The molecule has 5 rings (SSSR count). The first-order valence-electron chi connectivity index (χ1n) is 11.2. The fourth-order valence-corrected chi connectivity index (χ4v) is 6.51. The van der Waals surface area contributed by atoms with Gasteiger partial charge in [-0.25, -0.2) is 4.79 Å². The molecule has 0 bridgehead atoms. The average molecular weight is 444 g/mol. The van der Waals surface area contributed by atoms with Crippen LogP contribution in [0.3, 0.4) is 0 Å². The zero-order valence-corrected chi connectivity index (χ0v) is 18.7. The first-order valence-corrected chi connectivity index (χ1v) is 11.2. The van der Waals surface area contributed by atoms with Crippen LogP contribution in [0.2, 0.25) is 0 Å².